The third-order valence-corrected chi connectivity index (χ3v) is 2.17. The summed E-state index contributed by atoms with van der Waals surface area (Å²) in [6.45, 7) is 7.52. The van der Waals surface area contributed by atoms with Gasteiger partial charge in [0.15, 0.2) is 5.54 Å². The summed E-state index contributed by atoms with van der Waals surface area (Å²) < 4.78 is 0. The van der Waals surface area contributed by atoms with E-state index in [1.807, 2.05) is 27.7 Å². The second-order valence-corrected chi connectivity index (χ2v) is 3.45. The van der Waals surface area contributed by atoms with Gasteiger partial charge in [0.25, 0.3) is 0 Å². The van der Waals surface area contributed by atoms with Crippen molar-refractivity contribution in [1.29, 1.82) is 5.26 Å². The summed E-state index contributed by atoms with van der Waals surface area (Å²) >= 11 is 0. The highest BCUT2D eigenvalue weighted by Crippen LogP contribution is 2.29. The van der Waals surface area contributed by atoms with Gasteiger partial charge in [0.2, 0.25) is 6.08 Å². The fraction of sp³-hybridized carbons (Fsp3) is 0.778. The van der Waals surface area contributed by atoms with Crippen molar-refractivity contribution >= 4 is 6.08 Å². The van der Waals surface area contributed by atoms with Crippen molar-refractivity contribution in [2.24, 2.45) is 16.8 Å². The first kappa shape index (κ1) is 10.9. The summed E-state index contributed by atoms with van der Waals surface area (Å²) in [6, 6.07) is 2.09. The van der Waals surface area contributed by atoms with Gasteiger partial charge >= 0.3 is 0 Å². The predicted octanol–water partition coefficient (Wildman–Crippen LogP) is 1.90. The summed E-state index contributed by atoms with van der Waals surface area (Å²) in [6.07, 6.45) is 1.47. The van der Waals surface area contributed by atoms with Crippen molar-refractivity contribution in [3.8, 4) is 6.07 Å². The third kappa shape index (κ3) is 1.72. The second kappa shape index (κ2) is 4.04. The van der Waals surface area contributed by atoms with Crippen LogP contribution in [0, 0.1) is 23.2 Å². The van der Waals surface area contributed by atoms with Crippen LogP contribution >= 0.6 is 0 Å². The molecule has 0 rings (SSSR count). The summed E-state index contributed by atoms with van der Waals surface area (Å²) in [5.41, 5.74) is -0.901. The molecular weight excluding hydrogens is 152 g/mol. The maximum atomic E-state index is 10.1. The van der Waals surface area contributed by atoms with Crippen LogP contribution in [0.4, 0.5) is 0 Å². The minimum atomic E-state index is -0.901. The normalized spacial score (nSPS) is 11.1. The molecule has 0 amide bonds. The molecule has 0 heterocycles. The number of nitrogens with zero attached hydrogens (tertiary/aromatic N) is 2. The van der Waals surface area contributed by atoms with Gasteiger partial charge in [-0.05, 0) is 11.8 Å². The molecule has 0 saturated carbocycles. The van der Waals surface area contributed by atoms with Crippen molar-refractivity contribution in [3.63, 3.8) is 0 Å². The molecule has 0 saturated heterocycles. The van der Waals surface area contributed by atoms with E-state index in [0.717, 1.165) is 0 Å². The topological polar surface area (TPSA) is 53.2 Å². The van der Waals surface area contributed by atoms with E-state index in [0.29, 0.717) is 0 Å². The van der Waals surface area contributed by atoms with Gasteiger partial charge < -0.3 is 0 Å². The Morgan fingerprint density at radius 2 is 1.67 bits per heavy atom. The Balaban J connectivity index is 5.06. The maximum Gasteiger partial charge on any atom is 0.236 e. The van der Waals surface area contributed by atoms with Crippen LogP contribution < -0.4 is 0 Å². The van der Waals surface area contributed by atoms with E-state index in [4.69, 9.17) is 5.26 Å². The first-order valence-corrected chi connectivity index (χ1v) is 4.01. The Hall–Kier alpha value is -1.13. The molecule has 3 nitrogen and oxygen atoms in total. The number of carbonyl (C=O) groups excluding carboxylic acids is 1. The van der Waals surface area contributed by atoms with E-state index in [1.165, 1.54) is 6.08 Å². The lowest BCUT2D eigenvalue weighted by molar-refractivity contribution is 0.300. The molecule has 0 spiro atoms. The zero-order chi connectivity index (χ0) is 9.78. The van der Waals surface area contributed by atoms with Gasteiger partial charge in [-0.3, -0.25) is 0 Å². The van der Waals surface area contributed by atoms with Crippen molar-refractivity contribution in [2.45, 2.75) is 33.2 Å². The number of hydrogen-bond acceptors (Lipinski definition) is 3. The van der Waals surface area contributed by atoms with E-state index < -0.39 is 5.54 Å². The van der Waals surface area contributed by atoms with Gasteiger partial charge in [-0.25, -0.2) is 4.79 Å². The standard InChI is InChI=1S/C9H14N2O/c1-7(2)9(5-10,8(3)4)11-6-12/h7-8H,1-4H3. The molecule has 0 aliphatic rings. The summed E-state index contributed by atoms with van der Waals surface area (Å²) in [5.74, 6) is 0.0629. The predicted molar refractivity (Wildman–Crippen MR) is 46.1 cm³/mol. The lowest BCUT2D eigenvalue weighted by Crippen LogP contribution is -2.36. The Morgan fingerprint density at radius 1 is 1.25 bits per heavy atom. The molecule has 12 heavy (non-hydrogen) atoms. The highest BCUT2D eigenvalue weighted by Gasteiger charge is 2.37. The molecule has 0 atom stereocenters. The van der Waals surface area contributed by atoms with E-state index >= 15 is 0 Å². The summed E-state index contributed by atoms with van der Waals surface area (Å²) in [4.78, 5) is 13.8. The summed E-state index contributed by atoms with van der Waals surface area (Å²) in [5, 5.41) is 8.93. The number of isocyanates is 1. The number of rotatable bonds is 3. The van der Waals surface area contributed by atoms with Crippen LogP contribution in [0.1, 0.15) is 27.7 Å². The Bertz CT molecular complexity index is 223. The van der Waals surface area contributed by atoms with Crippen molar-refractivity contribution in [2.75, 3.05) is 0 Å². The smallest absolute Gasteiger partial charge is 0.211 e. The third-order valence-electron chi connectivity index (χ3n) is 2.17. The quantitative estimate of drug-likeness (QED) is 0.475. The first-order valence-electron chi connectivity index (χ1n) is 4.01. The molecular formula is C9H14N2O. The molecule has 0 bridgehead atoms. The minimum absolute atomic E-state index is 0.0314. The van der Waals surface area contributed by atoms with Crippen LogP contribution in [0.15, 0.2) is 4.99 Å². The zero-order valence-corrected chi connectivity index (χ0v) is 7.96. The minimum Gasteiger partial charge on any atom is -0.211 e. The van der Waals surface area contributed by atoms with Crippen molar-refractivity contribution in [1.82, 2.24) is 0 Å². The van der Waals surface area contributed by atoms with E-state index in [2.05, 4.69) is 11.1 Å². The molecule has 66 valence electrons. The Kier molecular flexibility index (Phi) is 3.66. The molecule has 0 N–H and O–H groups in total. The fourth-order valence-corrected chi connectivity index (χ4v) is 1.28. The van der Waals surface area contributed by atoms with Crippen molar-refractivity contribution < 1.29 is 4.79 Å². The number of hydrogen-bond donors (Lipinski definition) is 0. The lowest BCUT2D eigenvalue weighted by Gasteiger charge is -2.28. The van der Waals surface area contributed by atoms with Gasteiger partial charge in [0, 0.05) is 0 Å². The monoisotopic (exact) mass is 166 g/mol. The lowest BCUT2D eigenvalue weighted by atomic mass is 9.79. The van der Waals surface area contributed by atoms with Crippen LogP contribution in [-0.4, -0.2) is 11.6 Å². The van der Waals surface area contributed by atoms with Crippen LogP contribution in [-0.2, 0) is 4.79 Å². The average molecular weight is 166 g/mol. The molecule has 0 aromatic carbocycles. The van der Waals surface area contributed by atoms with E-state index in [9.17, 15) is 4.79 Å². The Labute approximate surface area is 73.1 Å². The molecule has 0 aromatic rings. The molecule has 0 radical (unpaired) electrons. The molecule has 0 aliphatic carbocycles. The van der Waals surface area contributed by atoms with Gasteiger partial charge in [0.1, 0.15) is 0 Å². The fourth-order valence-electron chi connectivity index (χ4n) is 1.28. The average Bonchev–Trinajstić information content (AvgIpc) is 1.98. The SMILES string of the molecule is CC(C)C(C#N)(N=C=O)C(C)C. The highest BCUT2D eigenvalue weighted by atomic mass is 16.1. The van der Waals surface area contributed by atoms with E-state index in [-0.39, 0.29) is 11.8 Å². The van der Waals surface area contributed by atoms with Gasteiger partial charge in [-0.1, -0.05) is 27.7 Å². The maximum absolute atomic E-state index is 10.1. The zero-order valence-electron chi connectivity index (χ0n) is 7.96. The largest absolute Gasteiger partial charge is 0.236 e. The number of aliphatic imine (C=N–C) groups is 1. The molecule has 0 aromatic heterocycles. The van der Waals surface area contributed by atoms with Crippen molar-refractivity contribution in [3.05, 3.63) is 0 Å². The highest BCUT2D eigenvalue weighted by molar-refractivity contribution is 5.37. The first-order chi connectivity index (χ1) is 5.51. The van der Waals surface area contributed by atoms with Crippen LogP contribution in [0.5, 0.6) is 0 Å². The Morgan fingerprint density at radius 3 is 1.75 bits per heavy atom. The van der Waals surface area contributed by atoms with Crippen LogP contribution in [0.3, 0.4) is 0 Å². The molecule has 0 fully saturated rings. The molecule has 0 aliphatic heterocycles. The van der Waals surface area contributed by atoms with Gasteiger partial charge in [-0.15, -0.1) is 0 Å². The summed E-state index contributed by atoms with van der Waals surface area (Å²) in [7, 11) is 0. The van der Waals surface area contributed by atoms with Gasteiger partial charge in [-0.2, -0.15) is 10.3 Å². The van der Waals surface area contributed by atoms with E-state index in [1.54, 1.807) is 0 Å². The molecule has 0 unspecified atom stereocenters. The van der Waals surface area contributed by atoms with Gasteiger partial charge in [0.05, 0.1) is 6.07 Å². The number of nitriles is 1. The second-order valence-electron chi connectivity index (χ2n) is 3.45. The van der Waals surface area contributed by atoms with Crippen LogP contribution in [0.2, 0.25) is 0 Å². The van der Waals surface area contributed by atoms with Crippen LogP contribution in [0.25, 0.3) is 0 Å². The molecule has 3 heteroatoms.